The van der Waals surface area contributed by atoms with Gasteiger partial charge in [-0.2, -0.15) is 0 Å². The molecule has 2 rings (SSSR count). The number of rotatable bonds is 5. The van der Waals surface area contributed by atoms with Gasteiger partial charge in [-0.1, -0.05) is 6.92 Å². The molecule has 0 unspecified atom stereocenters. The fraction of sp³-hybridized carbons (Fsp3) is 0.308. The minimum absolute atomic E-state index is 0.202. The molecule has 5 nitrogen and oxygen atoms in total. The zero-order valence-corrected chi connectivity index (χ0v) is 10.6. The van der Waals surface area contributed by atoms with Crippen LogP contribution in [0.15, 0.2) is 30.9 Å². The highest BCUT2D eigenvalue weighted by atomic mass is 19.1. The normalized spacial score (nSPS) is 10.4. The van der Waals surface area contributed by atoms with E-state index in [1.54, 1.807) is 6.20 Å². The lowest BCUT2D eigenvalue weighted by atomic mass is 10.2. The standard InChI is InChI=1S/C13H15FN4O/c1-2-4-18-5-3-16-12(18)9-17-13(19)10-6-11(14)8-15-7-10/h3,5-8H,2,4,9H2,1H3,(H,17,19). The molecule has 0 fully saturated rings. The molecule has 0 atom stereocenters. The number of carbonyl (C=O) groups excluding carboxylic acids is 1. The van der Waals surface area contributed by atoms with E-state index in [4.69, 9.17) is 0 Å². The van der Waals surface area contributed by atoms with Crippen LogP contribution in [0.25, 0.3) is 0 Å². The number of nitrogens with zero attached hydrogens (tertiary/aromatic N) is 3. The summed E-state index contributed by atoms with van der Waals surface area (Å²) in [7, 11) is 0. The highest BCUT2D eigenvalue weighted by Gasteiger charge is 2.08. The molecule has 0 spiro atoms. The molecule has 0 radical (unpaired) electrons. The monoisotopic (exact) mass is 262 g/mol. The van der Waals surface area contributed by atoms with Gasteiger partial charge >= 0.3 is 0 Å². The Labute approximate surface area is 110 Å². The Balaban J connectivity index is 1.98. The molecule has 0 saturated heterocycles. The summed E-state index contributed by atoms with van der Waals surface area (Å²) in [5.41, 5.74) is 0.202. The first-order valence-electron chi connectivity index (χ1n) is 6.09. The molecule has 0 bridgehead atoms. The second kappa shape index (κ2) is 6.08. The molecule has 1 N–H and O–H groups in total. The first-order chi connectivity index (χ1) is 9.20. The molecule has 6 heteroatoms. The van der Waals surface area contributed by atoms with Crippen LogP contribution in [0.3, 0.4) is 0 Å². The number of carbonyl (C=O) groups is 1. The molecule has 2 heterocycles. The van der Waals surface area contributed by atoms with Crippen LogP contribution in [0.1, 0.15) is 29.5 Å². The summed E-state index contributed by atoms with van der Waals surface area (Å²) in [5, 5.41) is 2.70. The number of aromatic nitrogens is 3. The van der Waals surface area contributed by atoms with Gasteiger partial charge in [-0.05, 0) is 12.5 Å². The molecular formula is C13H15FN4O. The zero-order valence-electron chi connectivity index (χ0n) is 10.6. The van der Waals surface area contributed by atoms with E-state index in [0.29, 0.717) is 6.54 Å². The number of pyridine rings is 1. The number of imidazole rings is 1. The van der Waals surface area contributed by atoms with Gasteiger partial charge in [-0.25, -0.2) is 9.37 Å². The predicted octanol–water partition coefficient (Wildman–Crippen LogP) is 1.76. The van der Waals surface area contributed by atoms with E-state index < -0.39 is 5.82 Å². The Bertz CT molecular complexity index is 567. The van der Waals surface area contributed by atoms with Crippen LogP contribution < -0.4 is 5.32 Å². The number of aryl methyl sites for hydroxylation is 1. The van der Waals surface area contributed by atoms with Gasteiger partial charge in [0.2, 0.25) is 0 Å². The molecule has 1 amide bonds. The predicted molar refractivity (Wildman–Crippen MR) is 67.9 cm³/mol. The van der Waals surface area contributed by atoms with Crippen molar-refractivity contribution in [3.63, 3.8) is 0 Å². The van der Waals surface area contributed by atoms with Gasteiger partial charge in [0, 0.05) is 25.1 Å². The quantitative estimate of drug-likeness (QED) is 0.893. The van der Waals surface area contributed by atoms with Crippen molar-refractivity contribution in [2.24, 2.45) is 0 Å². The molecule has 0 aliphatic heterocycles. The van der Waals surface area contributed by atoms with E-state index in [1.165, 1.54) is 6.20 Å². The van der Waals surface area contributed by atoms with E-state index in [0.717, 1.165) is 31.1 Å². The number of hydrogen-bond acceptors (Lipinski definition) is 3. The lowest BCUT2D eigenvalue weighted by Crippen LogP contribution is -2.25. The van der Waals surface area contributed by atoms with Crippen molar-refractivity contribution in [1.82, 2.24) is 19.9 Å². The Hall–Kier alpha value is -2.24. The Morgan fingerprint density at radius 3 is 3.05 bits per heavy atom. The molecule has 0 aliphatic carbocycles. The molecule has 0 aromatic carbocycles. The average Bonchev–Trinajstić information content (AvgIpc) is 2.84. The summed E-state index contributed by atoms with van der Waals surface area (Å²) >= 11 is 0. The topological polar surface area (TPSA) is 59.8 Å². The highest BCUT2D eigenvalue weighted by molar-refractivity contribution is 5.93. The van der Waals surface area contributed by atoms with Crippen LogP contribution in [-0.2, 0) is 13.1 Å². The summed E-state index contributed by atoms with van der Waals surface area (Å²) in [6.07, 6.45) is 6.95. The third kappa shape index (κ3) is 3.37. The molecule has 19 heavy (non-hydrogen) atoms. The molecule has 0 aliphatic rings. The van der Waals surface area contributed by atoms with Crippen LogP contribution in [0.5, 0.6) is 0 Å². The second-order valence-corrected chi connectivity index (χ2v) is 4.11. The molecule has 2 aromatic rings. The van der Waals surface area contributed by atoms with Crippen molar-refractivity contribution < 1.29 is 9.18 Å². The lowest BCUT2D eigenvalue weighted by molar-refractivity contribution is 0.0948. The average molecular weight is 262 g/mol. The fourth-order valence-electron chi connectivity index (χ4n) is 1.75. The Morgan fingerprint density at radius 1 is 1.47 bits per heavy atom. The zero-order chi connectivity index (χ0) is 13.7. The van der Waals surface area contributed by atoms with Crippen molar-refractivity contribution in [2.75, 3.05) is 0 Å². The number of hydrogen-bond donors (Lipinski definition) is 1. The maximum atomic E-state index is 12.9. The van der Waals surface area contributed by atoms with E-state index in [-0.39, 0.29) is 11.5 Å². The Kier molecular flexibility index (Phi) is 4.22. The number of halogens is 1. The summed E-state index contributed by atoms with van der Waals surface area (Å²) in [4.78, 5) is 19.6. The van der Waals surface area contributed by atoms with Gasteiger partial charge in [-0.3, -0.25) is 9.78 Å². The minimum Gasteiger partial charge on any atom is -0.345 e. The van der Waals surface area contributed by atoms with E-state index in [9.17, 15) is 9.18 Å². The van der Waals surface area contributed by atoms with Crippen LogP contribution in [-0.4, -0.2) is 20.4 Å². The summed E-state index contributed by atoms with van der Waals surface area (Å²) < 4.78 is 14.9. The first-order valence-corrected chi connectivity index (χ1v) is 6.09. The first kappa shape index (κ1) is 13.2. The van der Waals surface area contributed by atoms with Gasteiger partial charge in [0.05, 0.1) is 18.3 Å². The molecular weight excluding hydrogens is 247 g/mol. The third-order valence-corrected chi connectivity index (χ3v) is 2.64. The second-order valence-electron chi connectivity index (χ2n) is 4.11. The van der Waals surface area contributed by atoms with E-state index in [2.05, 4.69) is 22.2 Å². The molecule has 0 saturated carbocycles. The van der Waals surface area contributed by atoms with Gasteiger partial charge < -0.3 is 9.88 Å². The largest absolute Gasteiger partial charge is 0.345 e. The summed E-state index contributed by atoms with van der Waals surface area (Å²) in [6.45, 7) is 3.23. The number of amides is 1. The highest BCUT2D eigenvalue weighted by Crippen LogP contribution is 2.03. The van der Waals surface area contributed by atoms with E-state index in [1.807, 2.05) is 10.8 Å². The smallest absolute Gasteiger partial charge is 0.253 e. The van der Waals surface area contributed by atoms with Crippen molar-refractivity contribution in [2.45, 2.75) is 26.4 Å². The van der Waals surface area contributed by atoms with Crippen molar-refractivity contribution >= 4 is 5.91 Å². The van der Waals surface area contributed by atoms with Crippen molar-refractivity contribution in [3.8, 4) is 0 Å². The van der Waals surface area contributed by atoms with Gasteiger partial charge in [0.15, 0.2) is 0 Å². The van der Waals surface area contributed by atoms with E-state index >= 15 is 0 Å². The minimum atomic E-state index is -0.528. The van der Waals surface area contributed by atoms with Gasteiger partial charge in [0.1, 0.15) is 11.6 Å². The van der Waals surface area contributed by atoms with Crippen LogP contribution in [0, 0.1) is 5.82 Å². The van der Waals surface area contributed by atoms with Crippen molar-refractivity contribution in [3.05, 3.63) is 48.1 Å². The lowest BCUT2D eigenvalue weighted by Gasteiger charge is -2.07. The molecule has 2 aromatic heterocycles. The molecule has 100 valence electrons. The summed E-state index contributed by atoms with van der Waals surface area (Å²) in [6, 6.07) is 1.15. The summed E-state index contributed by atoms with van der Waals surface area (Å²) in [5.74, 6) is -0.113. The SMILES string of the molecule is CCCn1ccnc1CNC(=O)c1cncc(F)c1. The maximum absolute atomic E-state index is 12.9. The van der Waals surface area contributed by atoms with Crippen LogP contribution in [0.4, 0.5) is 4.39 Å². The van der Waals surface area contributed by atoms with Crippen LogP contribution >= 0.6 is 0 Å². The fourth-order valence-corrected chi connectivity index (χ4v) is 1.75. The Morgan fingerprint density at radius 2 is 2.32 bits per heavy atom. The maximum Gasteiger partial charge on any atom is 0.253 e. The van der Waals surface area contributed by atoms with Crippen molar-refractivity contribution in [1.29, 1.82) is 0 Å². The third-order valence-electron chi connectivity index (χ3n) is 2.64. The van der Waals surface area contributed by atoms with Crippen LogP contribution in [0.2, 0.25) is 0 Å². The number of nitrogens with one attached hydrogen (secondary N) is 1. The van der Waals surface area contributed by atoms with Gasteiger partial charge in [0.25, 0.3) is 5.91 Å². The van der Waals surface area contributed by atoms with Gasteiger partial charge in [-0.15, -0.1) is 0 Å².